The summed E-state index contributed by atoms with van der Waals surface area (Å²) in [5.41, 5.74) is 3.24. The van der Waals surface area contributed by atoms with Gasteiger partial charge in [0.15, 0.2) is 0 Å². The average Bonchev–Trinajstić information content (AvgIpc) is 2.92. The van der Waals surface area contributed by atoms with E-state index in [-0.39, 0.29) is 6.61 Å². The van der Waals surface area contributed by atoms with Gasteiger partial charge in [0.2, 0.25) is 0 Å². The molecule has 4 heteroatoms. The average molecular weight is 324 g/mol. The first kappa shape index (κ1) is 16.5. The Morgan fingerprint density at radius 3 is 2.62 bits per heavy atom. The molecule has 4 nitrogen and oxygen atoms in total. The van der Waals surface area contributed by atoms with Gasteiger partial charge in [-0.1, -0.05) is 36.8 Å². The number of aryl methyl sites for hydroxylation is 2. The third-order valence-corrected chi connectivity index (χ3v) is 4.06. The molecule has 0 aliphatic carbocycles. The second kappa shape index (κ2) is 7.49. The molecule has 126 valence electrons. The first-order chi connectivity index (χ1) is 11.7. The van der Waals surface area contributed by atoms with E-state index < -0.39 is 6.10 Å². The highest BCUT2D eigenvalue weighted by Crippen LogP contribution is 2.18. The van der Waals surface area contributed by atoms with Crippen molar-refractivity contribution in [1.29, 1.82) is 0 Å². The molecule has 0 spiro atoms. The van der Waals surface area contributed by atoms with E-state index in [0.717, 1.165) is 35.4 Å². The lowest BCUT2D eigenvalue weighted by Crippen LogP contribution is -2.24. The van der Waals surface area contributed by atoms with Crippen molar-refractivity contribution in [3.8, 4) is 5.75 Å². The summed E-state index contributed by atoms with van der Waals surface area (Å²) in [6.45, 7) is 4.93. The molecule has 3 aromatic rings. The highest BCUT2D eigenvalue weighted by atomic mass is 16.5. The summed E-state index contributed by atoms with van der Waals surface area (Å²) in [5.74, 6) is 1.80. The number of benzene rings is 2. The summed E-state index contributed by atoms with van der Waals surface area (Å²) in [6.07, 6.45) is 1.35. The van der Waals surface area contributed by atoms with Gasteiger partial charge in [0.05, 0.1) is 17.6 Å². The first-order valence-corrected chi connectivity index (χ1v) is 8.49. The van der Waals surface area contributed by atoms with E-state index in [9.17, 15) is 5.11 Å². The molecule has 2 aromatic carbocycles. The molecule has 1 atom stereocenters. The van der Waals surface area contributed by atoms with E-state index in [1.54, 1.807) is 0 Å². The highest BCUT2D eigenvalue weighted by Gasteiger charge is 2.14. The molecule has 0 saturated heterocycles. The number of aliphatic hydroxyl groups is 1. The van der Waals surface area contributed by atoms with E-state index in [4.69, 9.17) is 9.72 Å². The van der Waals surface area contributed by atoms with Crippen LogP contribution in [0.25, 0.3) is 11.0 Å². The Balaban J connectivity index is 1.71. The number of fused-ring (bicyclic) bond motifs is 1. The first-order valence-electron chi connectivity index (χ1n) is 8.49. The summed E-state index contributed by atoms with van der Waals surface area (Å²) in [4.78, 5) is 4.69. The molecule has 0 amide bonds. The van der Waals surface area contributed by atoms with Crippen LogP contribution in [0.4, 0.5) is 0 Å². The Morgan fingerprint density at radius 1 is 1.12 bits per heavy atom. The van der Waals surface area contributed by atoms with Gasteiger partial charge < -0.3 is 14.4 Å². The Morgan fingerprint density at radius 2 is 1.88 bits per heavy atom. The smallest absolute Gasteiger partial charge is 0.119 e. The van der Waals surface area contributed by atoms with E-state index in [2.05, 4.69) is 17.6 Å². The number of aliphatic hydroxyl groups excluding tert-OH is 1. The largest absolute Gasteiger partial charge is 0.491 e. The van der Waals surface area contributed by atoms with E-state index >= 15 is 0 Å². The van der Waals surface area contributed by atoms with Crippen LogP contribution in [0.5, 0.6) is 5.75 Å². The van der Waals surface area contributed by atoms with Gasteiger partial charge in [-0.25, -0.2) is 4.98 Å². The fourth-order valence-corrected chi connectivity index (χ4v) is 2.83. The molecule has 0 fully saturated rings. The van der Waals surface area contributed by atoms with Crippen LogP contribution in [0.1, 0.15) is 24.7 Å². The van der Waals surface area contributed by atoms with Crippen LogP contribution in [0.3, 0.4) is 0 Å². The molecule has 0 bridgehead atoms. The summed E-state index contributed by atoms with van der Waals surface area (Å²) in [7, 11) is 0. The van der Waals surface area contributed by atoms with Crippen molar-refractivity contribution in [1.82, 2.24) is 9.55 Å². The standard InChI is InChI=1S/C20H24N2O2/c1-3-6-20-21-18-7-4-5-8-19(18)22(20)13-16(23)14-24-17-11-9-15(2)10-12-17/h4-5,7-12,16,23H,3,6,13-14H2,1-2H3/t16-/m0/s1. The van der Waals surface area contributed by atoms with Crippen molar-refractivity contribution >= 4 is 11.0 Å². The number of rotatable bonds is 7. The van der Waals surface area contributed by atoms with Crippen LogP contribution >= 0.6 is 0 Å². The van der Waals surface area contributed by atoms with Crippen LogP contribution < -0.4 is 4.74 Å². The van der Waals surface area contributed by atoms with Crippen molar-refractivity contribution in [3.63, 3.8) is 0 Å². The van der Waals surface area contributed by atoms with Gasteiger partial charge in [-0.3, -0.25) is 0 Å². The molecule has 1 aromatic heterocycles. The quantitative estimate of drug-likeness (QED) is 0.720. The fourth-order valence-electron chi connectivity index (χ4n) is 2.83. The fraction of sp³-hybridized carbons (Fsp3) is 0.350. The zero-order valence-corrected chi connectivity index (χ0v) is 14.3. The monoisotopic (exact) mass is 324 g/mol. The summed E-state index contributed by atoms with van der Waals surface area (Å²) < 4.78 is 7.81. The van der Waals surface area contributed by atoms with Crippen molar-refractivity contribution in [2.24, 2.45) is 0 Å². The zero-order chi connectivity index (χ0) is 16.9. The molecule has 0 aliphatic rings. The minimum absolute atomic E-state index is 0.265. The number of ether oxygens (including phenoxy) is 1. The Hall–Kier alpha value is -2.33. The maximum absolute atomic E-state index is 10.4. The van der Waals surface area contributed by atoms with Crippen molar-refractivity contribution in [2.75, 3.05) is 6.61 Å². The number of nitrogens with zero attached hydrogens (tertiary/aromatic N) is 2. The third-order valence-electron chi connectivity index (χ3n) is 4.06. The minimum atomic E-state index is -0.584. The summed E-state index contributed by atoms with van der Waals surface area (Å²) >= 11 is 0. The van der Waals surface area contributed by atoms with Crippen molar-refractivity contribution < 1.29 is 9.84 Å². The van der Waals surface area contributed by atoms with Crippen molar-refractivity contribution in [2.45, 2.75) is 39.3 Å². The van der Waals surface area contributed by atoms with Gasteiger partial charge >= 0.3 is 0 Å². The van der Waals surface area contributed by atoms with E-state index in [1.807, 2.05) is 49.4 Å². The van der Waals surface area contributed by atoms with E-state index in [0.29, 0.717) is 6.54 Å². The van der Waals surface area contributed by atoms with Gasteiger partial charge in [-0.15, -0.1) is 0 Å². The number of para-hydroxylation sites is 2. The molecular formula is C20H24N2O2. The lowest BCUT2D eigenvalue weighted by atomic mass is 10.2. The number of hydrogen-bond donors (Lipinski definition) is 1. The summed E-state index contributed by atoms with van der Waals surface area (Å²) in [5, 5.41) is 10.4. The Bertz CT molecular complexity index is 793. The molecule has 0 saturated carbocycles. The third kappa shape index (κ3) is 3.77. The molecular weight excluding hydrogens is 300 g/mol. The van der Waals surface area contributed by atoms with Crippen LogP contribution in [0.15, 0.2) is 48.5 Å². The summed E-state index contributed by atoms with van der Waals surface area (Å²) in [6, 6.07) is 15.9. The molecule has 0 radical (unpaired) electrons. The predicted octanol–water partition coefficient (Wildman–Crippen LogP) is 3.74. The molecule has 1 N–H and O–H groups in total. The molecule has 1 heterocycles. The molecule has 3 rings (SSSR count). The minimum Gasteiger partial charge on any atom is -0.491 e. The normalized spacial score (nSPS) is 12.5. The second-order valence-electron chi connectivity index (χ2n) is 6.16. The van der Waals surface area contributed by atoms with Gasteiger partial charge in [0.1, 0.15) is 24.3 Å². The van der Waals surface area contributed by atoms with Crippen molar-refractivity contribution in [3.05, 3.63) is 59.9 Å². The number of hydrogen-bond acceptors (Lipinski definition) is 3. The number of aromatic nitrogens is 2. The Kier molecular flexibility index (Phi) is 5.16. The number of imidazole rings is 1. The topological polar surface area (TPSA) is 47.3 Å². The maximum Gasteiger partial charge on any atom is 0.119 e. The lowest BCUT2D eigenvalue weighted by Gasteiger charge is -2.15. The van der Waals surface area contributed by atoms with E-state index in [1.165, 1.54) is 5.56 Å². The second-order valence-corrected chi connectivity index (χ2v) is 6.16. The highest BCUT2D eigenvalue weighted by molar-refractivity contribution is 5.75. The zero-order valence-electron chi connectivity index (χ0n) is 14.3. The van der Waals surface area contributed by atoms with Crippen LogP contribution in [-0.4, -0.2) is 27.4 Å². The Labute approximate surface area is 142 Å². The molecule has 0 unspecified atom stereocenters. The van der Waals surface area contributed by atoms with Crippen LogP contribution in [0, 0.1) is 6.92 Å². The van der Waals surface area contributed by atoms with Crippen LogP contribution in [0.2, 0.25) is 0 Å². The SMILES string of the molecule is CCCc1nc2ccccc2n1C[C@H](O)COc1ccc(C)cc1. The lowest BCUT2D eigenvalue weighted by molar-refractivity contribution is 0.0927. The molecule has 0 aliphatic heterocycles. The maximum atomic E-state index is 10.4. The van der Waals surface area contributed by atoms with Gasteiger partial charge in [-0.2, -0.15) is 0 Å². The van der Waals surface area contributed by atoms with Crippen LogP contribution in [-0.2, 0) is 13.0 Å². The van der Waals surface area contributed by atoms with Gasteiger partial charge in [-0.05, 0) is 37.6 Å². The van der Waals surface area contributed by atoms with Gasteiger partial charge in [0, 0.05) is 6.42 Å². The van der Waals surface area contributed by atoms with Gasteiger partial charge in [0.25, 0.3) is 0 Å². The molecule has 24 heavy (non-hydrogen) atoms. The predicted molar refractivity (Wildman–Crippen MR) is 96.4 cm³/mol.